The molecule has 0 saturated heterocycles. The molecular weight excluding hydrogens is 142 g/mol. The van der Waals surface area contributed by atoms with Crippen LogP contribution in [0.15, 0.2) is 12.7 Å². The molecule has 1 unspecified atom stereocenters. The van der Waals surface area contributed by atoms with Crippen molar-refractivity contribution in [1.82, 2.24) is 0 Å². The molecule has 0 aromatic heterocycles. The molecule has 0 aromatic rings. The largest absolute Gasteiger partial charge is 1.00 e. The number of hydrogen-bond donors (Lipinski definition) is 0. The van der Waals surface area contributed by atoms with Gasteiger partial charge in [-0.25, -0.2) is 12.8 Å². The molecule has 0 spiro atoms. The average molecular weight is 146 g/mol. The van der Waals surface area contributed by atoms with Crippen LogP contribution in [0.4, 0.5) is 4.39 Å². The zero-order valence-electron chi connectivity index (χ0n) is 4.87. The van der Waals surface area contributed by atoms with E-state index in [1.165, 1.54) is 0 Å². The number of halogens is 1. The predicted octanol–water partition coefficient (Wildman–Crippen LogP) is -2.98. The van der Waals surface area contributed by atoms with Gasteiger partial charge < -0.3 is 4.55 Å². The zero-order valence-corrected chi connectivity index (χ0v) is 5.69. The monoisotopic (exact) mass is 146 g/mol. The Bertz CT molecular complexity index is 175. The van der Waals surface area contributed by atoms with Crippen molar-refractivity contribution in [2.75, 3.05) is 0 Å². The van der Waals surface area contributed by atoms with E-state index in [1.807, 2.05) is 0 Å². The molecular formula is C3H4FLiO3S. The Morgan fingerprint density at radius 3 is 2.00 bits per heavy atom. The summed E-state index contributed by atoms with van der Waals surface area (Å²) in [7, 11) is -4.79. The smallest absolute Gasteiger partial charge is 0.745 e. The van der Waals surface area contributed by atoms with E-state index in [0.717, 1.165) is 0 Å². The fourth-order valence-electron chi connectivity index (χ4n) is 0.118. The van der Waals surface area contributed by atoms with Crippen LogP contribution in [0.25, 0.3) is 0 Å². The maximum atomic E-state index is 11.6. The van der Waals surface area contributed by atoms with E-state index >= 15 is 0 Å². The van der Waals surface area contributed by atoms with Crippen molar-refractivity contribution in [3.8, 4) is 0 Å². The molecule has 0 aromatic carbocycles. The second kappa shape index (κ2) is 4.07. The third kappa shape index (κ3) is 4.67. The van der Waals surface area contributed by atoms with E-state index in [9.17, 15) is 17.4 Å². The van der Waals surface area contributed by atoms with Gasteiger partial charge >= 0.3 is 18.9 Å². The van der Waals surface area contributed by atoms with Gasteiger partial charge in [0.25, 0.3) is 0 Å². The van der Waals surface area contributed by atoms with Gasteiger partial charge in [0, 0.05) is 0 Å². The van der Waals surface area contributed by atoms with Crippen molar-refractivity contribution in [3.05, 3.63) is 12.7 Å². The molecule has 3 nitrogen and oxygen atoms in total. The maximum Gasteiger partial charge on any atom is 1.00 e. The summed E-state index contributed by atoms with van der Waals surface area (Å²) in [6, 6.07) is 0. The average Bonchev–Trinajstić information content (AvgIpc) is 1.62. The molecule has 48 valence electrons. The van der Waals surface area contributed by atoms with Gasteiger partial charge in [-0.1, -0.05) is 6.58 Å². The molecule has 0 bridgehead atoms. The van der Waals surface area contributed by atoms with Crippen molar-refractivity contribution >= 4 is 10.1 Å². The van der Waals surface area contributed by atoms with E-state index in [4.69, 9.17) is 0 Å². The summed E-state index contributed by atoms with van der Waals surface area (Å²) < 4.78 is 40.3. The minimum Gasteiger partial charge on any atom is -0.745 e. The van der Waals surface area contributed by atoms with Crippen molar-refractivity contribution in [1.29, 1.82) is 0 Å². The second-order valence-electron chi connectivity index (χ2n) is 1.08. The first kappa shape index (κ1) is 11.9. The fourth-order valence-corrected chi connectivity index (χ4v) is 0.354. The summed E-state index contributed by atoms with van der Waals surface area (Å²) in [5.41, 5.74) is -2.47. The van der Waals surface area contributed by atoms with Gasteiger partial charge in [0.15, 0.2) is 0 Å². The van der Waals surface area contributed by atoms with E-state index < -0.39 is 15.6 Å². The van der Waals surface area contributed by atoms with Crippen LogP contribution in [0.5, 0.6) is 0 Å². The Morgan fingerprint density at radius 2 is 2.00 bits per heavy atom. The molecule has 0 saturated carbocycles. The zero-order chi connectivity index (χ0) is 6.78. The van der Waals surface area contributed by atoms with Crippen LogP contribution in [-0.4, -0.2) is 18.5 Å². The SMILES string of the molecule is C=CC(F)S(=O)(=O)[O-].[Li+]. The minimum absolute atomic E-state index is 0. The van der Waals surface area contributed by atoms with Crippen LogP contribution in [0.3, 0.4) is 0 Å². The first-order valence-corrected chi connectivity index (χ1v) is 3.17. The second-order valence-corrected chi connectivity index (χ2v) is 2.52. The number of hydrogen-bond acceptors (Lipinski definition) is 3. The summed E-state index contributed by atoms with van der Waals surface area (Å²) in [4.78, 5) is 0. The Morgan fingerprint density at radius 1 is 1.67 bits per heavy atom. The summed E-state index contributed by atoms with van der Waals surface area (Å²) in [6.07, 6.45) is 0.433. The van der Waals surface area contributed by atoms with Crippen LogP contribution in [0.1, 0.15) is 0 Å². The summed E-state index contributed by atoms with van der Waals surface area (Å²) in [6.45, 7) is 2.77. The minimum atomic E-state index is -4.79. The molecule has 1 atom stereocenters. The Balaban J connectivity index is 0. The number of alkyl halides is 1. The molecule has 0 aliphatic heterocycles. The van der Waals surface area contributed by atoms with Gasteiger partial charge in [-0.2, -0.15) is 0 Å². The normalized spacial score (nSPS) is 13.6. The van der Waals surface area contributed by atoms with E-state index in [1.54, 1.807) is 0 Å². The molecule has 0 N–H and O–H groups in total. The summed E-state index contributed by atoms with van der Waals surface area (Å²) >= 11 is 0. The summed E-state index contributed by atoms with van der Waals surface area (Å²) in [5, 5.41) is 0. The molecule has 0 aliphatic carbocycles. The third-order valence-corrected chi connectivity index (χ3v) is 1.21. The Labute approximate surface area is 64.9 Å². The molecule has 0 radical (unpaired) electrons. The molecule has 0 rings (SSSR count). The quantitative estimate of drug-likeness (QED) is 0.237. The van der Waals surface area contributed by atoms with Crippen LogP contribution < -0.4 is 18.9 Å². The third-order valence-electron chi connectivity index (χ3n) is 0.461. The van der Waals surface area contributed by atoms with Crippen molar-refractivity contribution < 1.29 is 36.2 Å². The fraction of sp³-hybridized carbons (Fsp3) is 0.333. The molecule has 0 aliphatic rings. The Hall–Kier alpha value is 0.177. The molecule has 0 heterocycles. The van der Waals surface area contributed by atoms with Gasteiger partial charge in [-0.15, -0.1) is 0 Å². The Kier molecular flexibility index (Phi) is 5.38. The molecule has 0 fully saturated rings. The topological polar surface area (TPSA) is 57.2 Å². The van der Waals surface area contributed by atoms with Crippen LogP contribution in [-0.2, 0) is 10.1 Å². The van der Waals surface area contributed by atoms with Gasteiger partial charge in [0.1, 0.15) is 10.1 Å². The first-order chi connectivity index (χ1) is 3.48. The first-order valence-electron chi connectivity index (χ1n) is 1.70. The van der Waals surface area contributed by atoms with Gasteiger partial charge in [-0.3, -0.25) is 0 Å². The van der Waals surface area contributed by atoms with Crippen LogP contribution >= 0.6 is 0 Å². The van der Waals surface area contributed by atoms with Crippen molar-refractivity contribution in [2.45, 2.75) is 5.50 Å². The number of rotatable bonds is 2. The standard InChI is InChI=1S/C3H5FO3S.Li/c1-2-3(4)8(5,6)7;/h2-3H,1H2,(H,5,6,7);/q;+1/p-1. The van der Waals surface area contributed by atoms with Crippen LogP contribution in [0.2, 0.25) is 0 Å². The van der Waals surface area contributed by atoms with E-state index in [2.05, 4.69) is 6.58 Å². The van der Waals surface area contributed by atoms with Gasteiger partial charge in [0.2, 0.25) is 5.50 Å². The van der Waals surface area contributed by atoms with Crippen molar-refractivity contribution in [2.24, 2.45) is 0 Å². The maximum absolute atomic E-state index is 11.6. The molecule has 0 amide bonds. The van der Waals surface area contributed by atoms with Gasteiger partial charge in [-0.05, 0) is 6.08 Å². The van der Waals surface area contributed by atoms with Gasteiger partial charge in [0.05, 0.1) is 0 Å². The molecule has 9 heavy (non-hydrogen) atoms. The van der Waals surface area contributed by atoms with E-state index in [-0.39, 0.29) is 18.9 Å². The predicted molar refractivity (Wildman–Crippen MR) is 24.8 cm³/mol. The van der Waals surface area contributed by atoms with Crippen molar-refractivity contribution in [3.63, 3.8) is 0 Å². The molecule has 6 heteroatoms. The summed E-state index contributed by atoms with van der Waals surface area (Å²) in [5.74, 6) is 0. The van der Waals surface area contributed by atoms with Crippen LogP contribution in [0, 0.1) is 0 Å². The van der Waals surface area contributed by atoms with E-state index in [0.29, 0.717) is 6.08 Å².